The monoisotopic (exact) mass is 403 g/mol. The molecular weight excluding hydrogens is 382 g/mol. The zero-order chi connectivity index (χ0) is 21.1. The number of carbonyl (C=O) groups excluding carboxylic acids is 1. The van der Waals surface area contributed by atoms with Gasteiger partial charge in [-0.25, -0.2) is 4.98 Å². The van der Waals surface area contributed by atoms with Crippen molar-refractivity contribution in [2.24, 2.45) is 0 Å². The number of methoxy groups -OCH3 is 3. The molecule has 2 aromatic carbocycles. The van der Waals surface area contributed by atoms with E-state index in [-0.39, 0.29) is 5.91 Å². The van der Waals surface area contributed by atoms with E-state index in [9.17, 15) is 4.79 Å². The Hall–Kier alpha value is -4.00. The molecule has 0 aliphatic heterocycles. The maximum absolute atomic E-state index is 13.2. The predicted octanol–water partition coefficient (Wildman–Crippen LogP) is 4.28. The summed E-state index contributed by atoms with van der Waals surface area (Å²) < 4.78 is 17.7. The number of benzene rings is 2. The smallest absolute Gasteiger partial charge is 0.276 e. The molecule has 0 aliphatic rings. The van der Waals surface area contributed by atoms with Crippen LogP contribution in [0.2, 0.25) is 0 Å². The fourth-order valence-electron chi connectivity index (χ4n) is 3.26. The number of pyridine rings is 1. The van der Waals surface area contributed by atoms with E-state index in [1.165, 1.54) is 7.11 Å². The van der Waals surface area contributed by atoms with Crippen LogP contribution in [0, 0.1) is 0 Å². The number of nitrogens with zero attached hydrogens (tertiary/aromatic N) is 2. The van der Waals surface area contributed by atoms with Gasteiger partial charge in [0.25, 0.3) is 5.91 Å². The second kappa shape index (κ2) is 8.16. The van der Waals surface area contributed by atoms with Gasteiger partial charge in [-0.05, 0) is 48.5 Å². The third-order valence-electron chi connectivity index (χ3n) is 4.77. The van der Waals surface area contributed by atoms with Gasteiger partial charge in [-0.1, -0.05) is 6.07 Å². The molecule has 2 aromatic heterocycles. The van der Waals surface area contributed by atoms with Gasteiger partial charge in [-0.15, -0.1) is 0 Å². The maximum Gasteiger partial charge on any atom is 0.276 e. The number of hydrogen-bond donors (Lipinski definition) is 1. The summed E-state index contributed by atoms with van der Waals surface area (Å²) in [6.45, 7) is 0. The van der Waals surface area contributed by atoms with Crippen LogP contribution in [-0.2, 0) is 0 Å². The van der Waals surface area contributed by atoms with Crippen molar-refractivity contribution in [3.05, 3.63) is 72.6 Å². The summed E-state index contributed by atoms with van der Waals surface area (Å²) in [6, 6.07) is 18.4. The molecular formula is C23H21N3O4. The highest BCUT2D eigenvalue weighted by molar-refractivity contribution is 6.08. The fraction of sp³-hybridized carbons (Fsp3) is 0.130. The molecule has 0 saturated carbocycles. The summed E-state index contributed by atoms with van der Waals surface area (Å²) >= 11 is 0. The first kappa shape index (κ1) is 19.3. The maximum atomic E-state index is 13.2. The van der Waals surface area contributed by atoms with Crippen molar-refractivity contribution >= 4 is 17.2 Å². The zero-order valence-corrected chi connectivity index (χ0v) is 16.9. The number of fused-ring (bicyclic) bond motifs is 1. The summed E-state index contributed by atoms with van der Waals surface area (Å²) in [5.74, 6) is 1.53. The highest BCUT2D eigenvalue weighted by Crippen LogP contribution is 2.31. The number of carbonyl (C=O) groups is 1. The predicted molar refractivity (Wildman–Crippen MR) is 115 cm³/mol. The molecule has 7 heteroatoms. The number of aromatic nitrogens is 2. The average molecular weight is 403 g/mol. The lowest BCUT2D eigenvalue weighted by molar-refractivity contribution is 0.102. The molecule has 0 atom stereocenters. The van der Waals surface area contributed by atoms with Gasteiger partial charge < -0.3 is 19.5 Å². The summed E-state index contributed by atoms with van der Waals surface area (Å²) in [7, 11) is 4.73. The molecule has 1 amide bonds. The third kappa shape index (κ3) is 3.53. The number of amides is 1. The van der Waals surface area contributed by atoms with Crippen LogP contribution in [0.15, 0.2) is 66.9 Å². The van der Waals surface area contributed by atoms with Gasteiger partial charge in [-0.3, -0.25) is 9.20 Å². The molecule has 0 radical (unpaired) electrons. The summed E-state index contributed by atoms with van der Waals surface area (Å²) in [5, 5.41) is 2.90. The minimum Gasteiger partial charge on any atom is -0.497 e. The van der Waals surface area contributed by atoms with Crippen LogP contribution in [0.25, 0.3) is 16.9 Å². The molecule has 0 spiro atoms. The second-order valence-corrected chi connectivity index (χ2v) is 6.49. The normalized spacial score (nSPS) is 10.6. The van der Waals surface area contributed by atoms with E-state index in [1.54, 1.807) is 32.4 Å². The van der Waals surface area contributed by atoms with Gasteiger partial charge in [0.2, 0.25) is 0 Å². The Morgan fingerprint density at radius 2 is 1.63 bits per heavy atom. The van der Waals surface area contributed by atoms with Crippen molar-refractivity contribution in [2.45, 2.75) is 0 Å². The van der Waals surface area contributed by atoms with Gasteiger partial charge in [-0.2, -0.15) is 0 Å². The number of hydrogen-bond acceptors (Lipinski definition) is 5. The molecule has 0 fully saturated rings. The zero-order valence-electron chi connectivity index (χ0n) is 16.9. The number of nitrogens with one attached hydrogen (secondary N) is 1. The lowest BCUT2D eigenvalue weighted by Gasteiger charge is -2.12. The average Bonchev–Trinajstić information content (AvgIpc) is 3.19. The third-order valence-corrected chi connectivity index (χ3v) is 4.77. The van der Waals surface area contributed by atoms with E-state index in [0.29, 0.717) is 34.2 Å². The Balaban J connectivity index is 1.77. The largest absolute Gasteiger partial charge is 0.497 e. The van der Waals surface area contributed by atoms with Crippen LogP contribution >= 0.6 is 0 Å². The molecule has 0 saturated heterocycles. The molecule has 4 aromatic rings. The fourth-order valence-corrected chi connectivity index (χ4v) is 3.26. The van der Waals surface area contributed by atoms with E-state index >= 15 is 0 Å². The van der Waals surface area contributed by atoms with Crippen LogP contribution in [0.5, 0.6) is 17.2 Å². The minimum absolute atomic E-state index is 0.309. The van der Waals surface area contributed by atoms with Crippen molar-refractivity contribution in [2.75, 3.05) is 26.6 Å². The lowest BCUT2D eigenvalue weighted by Crippen LogP contribution is -2.14. The first-order valence-electron chi connectivity index (χ1n) is 9.29. The van der Waals surface area contributed by atoms with Crippen molar-refractivity contribution in [1.29, 1.82) is 0 Å². The summed E-state index contributed by atoms with van der Waals surface area (Å²) in [5.41, 5.74) is 3.06. The second-order valence-electron chi connectivity index (χ2n) is 6.49. The quantitative estimate of drug-likeness (QED) is 0.520. The van der Waals surface area contributed by atoms with Crippen LogP contribution in [-0.4, -0.2) is 36.6 Å². The van der Waals surface area contributed by atoms with Crippen molar-refractivity contribution in [3.63, 3.8) is 0 Å². The van der Waals surface area contributed by atoms with Gasteiger partial charge in [0, 0.05) is 17.8 Å². The van der Waals surface area contributed by atoms with E-state index in [2.05, 4.69) is 10.3 Å². The number of rotatable bonds is 6. The van der Waals surface area contributed by atoms with Crippen LogP contribution in [0.3, 0.4) is 0 Å². The van der Waals surface area contributed by atoms with Crippen LogP contribution in [0.1, 0.15) is 10.5 Å². The number of anilines is 1. The van der Waals surface area contributed by atoms with Crippen LogP contribution in [0.4, 0.5) is 5.69 Å². The summed E-state index contributed by atoms with van der Waals surface area (Å²) in [4.78, 5) is 17.8. The molecule has 4 rings (SSSR count). The Kier molecular flexibility index (Phi) is 5.26. The van der Waals surface area contributed by atoms with Crippen molar-refractivity contribution in [1.82, 2.24) is 9.38 Å². The molecule has 2 heterocycles. The van der Waals surface area contributed by atoms with Gasteiger partial charge >= 0.3 is 0 Å². The number of imidazole rings is 1. The van der Waals surface area contributed by atoms with Crippen LogP contribution < -0.4 is 19.5 Å². The van der Waals surface area contributed by atoms with E-state index in [4.69, 9.17) is 14.2 Å². The van der Waals surface area contributed by atoms with Gasteiger partial charge in [0.05, 0.1) is 32.7 Å². The van der Waals surface area contributed by atoms with E-state index in [0.717, 1.165) is 11.3 Å². The standard InChI is InChI=1S/C23H21N3O4/c1-28-16-9-7-15(8-10-16)22-21(25-20-6-4-5-13-26(20)22)23(27)24-18-12-11-17(29-2)14-19(18)30-3/h4-14H,1-3H3,(H,24,27). The molecule has 152 valence electrons. The van der Waals surface area contributed by atoms with E-state index in [1.807, 2.05) is 53.1 Å². The Bertz CT molecular complexity index is 1200. The number of ether oxygens (including phenoxy) is 3. The minimum atomic E-state index is -0.340. The molecule has 7 nitrogen and oxygen atoms in total. The first-order valence-corrected chi connectivity index (χ1v) is 9.29. The topological polar surface area (TPSA) is 74.1 Å². The highest BCUT2D eigenvalue weighted by Gasteiger charge is 2.21. The Morgan fingerprint density at radius 1 is 0.900 bits per heavy atom. The first-order chi connectivity index (χ1) is 14.6. The van der Waals surface area contributed by atoms with Crippen molar-refractivity contribution < 1.29 is 19.0 Å². The van der Waals surface area contributed by atoms with Gasteiger partial charge in [0.15, 0.2) is 5.69 Å². The molecule has 0 aliphatic carbocycles. The van der Waals surface area contributed by atoms with E-state index < -0.39 is 0 Å². The molecule has 1 N–H and O–H groups in total. The van der Waals surface area contributed by atoms with Crippen molar-refractivity contribution in [3.8, 4) is 28.5 Å². The van der Waals surface area contributed by atoms with Gasteiger partial charge in [0.1, 0.15) is 22.9 Å². The Labute approximate surface area is 173 Å². The molecule has 30 heavy (non-hydrogen) atoms. The molecule has 0 unspecified atom stereocenters. The molecule has 0 bridgehead atoms. The SMILES string of the molecule is COc1ccc(-c2c(C(=O)Nc3ccc(OC)cc3OC)nc3ccccn23)cc1. The highest BCUT2D eigenvalue weighted by atomic mass is 16.5. The summed E-state index contributed by atoms with van der Waals surface area (Å²) in [6.07, 6.45) is 1.88. The lowest BCUT2D eigenvalue weighted by atomic mass is 10.1. The Morgan fingerprint density at radius 3 is 2.33 bits per heavy atom.